The van der Waals surface area contributed by atoms with Gasteiger partial charge in [0.05, 0.1) is 14.6 Å². The first kappa shape index (κ1) is 21.7. The smallest absolute Gasteiger partial charge is 0.322 e. The molecule has 0 spiro atoms. The first-order chi connectivity index (χ1) is 13.7. The van der Waals surface area contributed by atoms with E-state index in [1.165, 1.54) is 16.9 Å². The van der Waals surface area contributed by atoms with Gasteiger partial charge in [-0.25, -0.2) is 4.79 Å². The van der Waals surface area contributed by atoms with Gasteiger partial charge in [0.2, 0.25) is 5.91 Å². The standard InChI is InChI=1S/C20H31N5O2SSi/c1-14-13-24(20-22-12-17(28-20)18(26)21-2)10-11-25(14)19(27)23-15-6-8-16(9-7-15)29(3,4)5/h6-9,14,17H,10-13H2,1-5H3,(H,21,26)(H,23,27). The van der Waals surface area contributed by atoms with Crippen molar-refractivity contribution in [2.75, 3.05) is 38.5 Å². The third-order valence-electron chi connectivity index (χ3n) is 5.34. The van der Waals surface area contributed by atoms with Gasteiger partial charge in [-0.3, -0.25) is 9.79 Å². The number of thioether (sulfide) groups is 1. The summed E-state index contributed by atoms with van der Waals surface area (Å²) in [4.78, 5) is 33.2. The summed E-state index contributed by atoms with van der Waals surface area (Å²) < 4.78 is 0. The summed E-state index contributed by atoms with van der Waals surface area (Å²) >= 11 is 1.52. The quantitative estimate of drug-likeness (QED) is 0.715. The maximum absolute atomic E-state index is 12.8. The van der Waals surface area contributed by atoms with E-state index in [0.29, 0.717) is 19.6 Å². The predicted octanol–water partition coefficient (Wildman–Crippen LogP) is 1.99. The van der Waals surface area contributed by atoms with E-state index in [9.17, 15) is 9.59 Å². The summed E-state index contributed by atoms with van der Waals surface area (Å²) in [5.41, 5.74) is 0.829. The number of aliphatic imine (C=N–C) groups is 1. The Morgan fingerprint density at radius 2 is 1.86 bits per heavy atom. The molecule has 1 aromatic carbocycles. The van der Waals surface area contributed by atoms with Gasteiger partial charge in [0.25, 0.3) is 0 Å². The Morgan fingerprint density at radius 1 is 1.17 bits per heavy atom. The number of amidine groups is 1. The molecule has 7 nitrogen and oxygen atoms in total. The van der Waals surface area contributed by atoms with E-state index in [4.69, 9.17) is 0 Å². The molecule has 2 atom stereocenters. The van der Waals surface area contributed by atoms with Gasteiger partial charge in [0.1, 0.15) is 5.25 Å². The molecule has 0 saturated carbocycles. The van der Waals surface area contributed by atoms with Crippen LogP contribution in [-0.2, 0) is 4.79 Å². The third-order valence-corrected chi connectivity index (χ3v) is 8.65. The molecule has 0 radical (unpaired) electrons. The minimum absolute atomic E-state index is 0.0138. The van der Waals surface area contributed by atoms with Gasteiger partial charge >= 0.3 is 6.03 Å². The summed E-state index contributed by atoms with van der Waals surface area (Å²) in [6.45, 7) is 11.6. The fourth-order valence-corrected chi connectivity index (χ4v) is 5.78. The molecular formula is C20H31N5O2SSi. The number of benzene rings is 1. The number of nitrogens with one attached hydrogen (secondary N) is 2. The van der Waals surface area contributed by atoms with Crippen molar-refractivity contribution in [1.82, 2.24) is 15.1 Å². The Bertz CT molecular complexity index is 793. The average molecular weight is 434 g/mol. The maximum atomic E-state index is 12.8. The van der Waals surface area contributed by atoms with Crippen LogP contribution in [-0.4, -0.2) is 79.5 Å². The van der Waals surface area contributed by atoms with Crippen molar-refractivity contribution in [3.63, 3.8) is 0 Å². The molecule has 1 saturated heterocycles. The molecule has 2 aliphatic heterocycles. The molecular weight excluding hydrogens is 402 g/mol. The van der Waals surface area contributed by atoms with Crippen LogP contribution in [0.15, 0.2) is 29.3 Å². The highest BCUT2D eigenvalue weighted by atomic mass is 32.2. The number of hydrogen-bond donors (Lipinski definition) is 2. The van der Waals surface area contributed by atoms with Gasteiger partial charge in [-0.05, 0) is 19.1 Å². The highest BCUT2D eigenvalue weighted by Gasteiger charge is 2.33. The fraction of sp³-hybridized carbons (Fsp3) is 0.550. The van der Waals surface area contributed by atoms with Crippen LogP contribution in [0.1, 0.15) is 6.92 Å². The zero-order valence-corrected chi connectivity index (χ0v) is 19.7. The Kier molecular flexibility index (Phi) is 6.57. The van der Waals surface area contributed by atoms with E-state index < -0.39 is 8.07 Å². The van der Waals surface area contributed by atoms with E-state index in [1.54, 1.807) is 7.05 Å². The SMILES string of the molecule is CNC(=O)C1CN=C(N2CCN(C(=O)Nc3ccc([Si](C)(C)C)cc3)C(C)C2)S1. The van der Waals surface area contributed by atoms with E-state index >= 15 is 0 Å². The van der Waals surface area contributed by atoms with E-state index in [0.717, 1.165) is 17.4 Å². The van der Waals surface area contributed by atoms with Crippen LogP contribution < -0.4 is 15.8 Å². The number of piperazine rings is 1. The zero-order valence-electron chi connectivity index (χ0n) is 17.9. The Labute approximate surface area is 178 Å². The highest BCUT2D eigenvalue weighted by molar-refractivity contribution is 8.15. The van der Waals surface area contributed by atoms with E-state index in [1.807, 2.05) is 17.0 Å². The summed E-state index contributed by atoms with van der Waals surface area (Å²) in [7, 11) is 0.310. The van der Waals surface area contributed by atoms with Crippen molar-refractivity contribution < 1.29 is 9.59 Å². The number of hydrogen-bond acceptors (Lipinski definition) is 5. The van der Waals surface area contributed by atoms with Gasteiger partial charge in [0, 0.05) is 38.4 Å². The number of nitrogens with zero attached hydrogens (tertiary/aromatic N) is 3. The van der Waals surface area contributed by atoms with Crippen LogP contribution in [0.3, 0.4) is 0 Å². The van der Waals surface area contributed by atoms with Crippen molar-refractivity contribution in [1.29, 1.82) is 0 Å². The highest BCUT2D eigenvalue weighted by Crippen LogP contribution is 2.25. The monoisotopic (exact) mass is 433 g/mol. The van der Waals surface area contributed by atoms with Crippen LogP contribution in [0, 0.1) is 0 Å². The Balaban J connectivity index is 1.54. The van der Waals surface area contributed by atoms with Crippen molar-refractivity contribution in [3.8, 4) is 0 Å². The van der Waals surface area contributed by atoms with Crippen molar-refractivity contribution in [2.24, 2.45) is 4.99 Å². The second-order valence-corrected chi connectivity index (χ2v) is 14.8. The topological polar surface area (TPSA) is 77.0 Å². The Hall–Kier alpha value is -2.00. The zero-order chi connectivity index (χ0) is 21.2. The summed E-state index contributed by atoms with van der Waals surface area (Å²) in [6, 6.07) is 8.24. The third kappa shape index (κ3) is 5.13. The van der Waals surface area contributed by atoms with Gasteiger partial charge in [-0.15, -0.1) is 0 Å². The number of anilines is 1. The van der Waals surface area contributed by atoms with Gasteiger partial charge in [0.15, 0.2) is 5.17 Å². The normalized spacial score (nSPS) is 22.3. The molecule has 3 amide bonds. The molecule has 0 aromatic heterocycles. The molecule has 9 heteroatoms. The van der Waals surface area contributed by atoms with Crippen molar-refractivity contribution in [3.05, 3.63) is 24.3 Å². The molecule has 0 bridgehead atoms. The van der Waals surface area contributed by atoms with Crippen molar-refractivity contribution in [2.45, 2.75) is 37.9 Å². The van der Waals surface area contributed by atoms with Crippen LogP contribution in [0.2, 0.25) is 19.6 Å². The molecule has 1 fully saturated rings. The lowest BCUT2D eigenvalue weighted by atomic mass is 10.2. The number of amides is 3. The largest absolute Gasteiger partial charge is 0.358 e. The number of rotatable bonds is 3. The Morgan fingerprint density at radius 3 is 2.45 bits per heavy atom. The molecule has 2 unspecified atom stereocenters. The second-order valence-electron chi connectivity index (χ2n) is 8.59. The minimum Gasteiger partial charge on any atom is -0.358 e. The second kappa shape index (κ2) is 8.79. The predicted molar refractivity (Wildman–Crippen MR) is 124 cm³/mol. The molecule has 0 aliphatic carbocycles. The van der Waals surface area contributed by atoms with E-state index in [-0.39, 0.29) is 23.2 Å². The molecule has 158 valence electrons. The van der Waals surface area contributed by atoms with E-state index in [2.05, 4.69) is 59.2 Å². The van der Waals surface area contributed by atoms with Gasteiger partial charge in [-0.1, -0.05) is 48.7 Å². The molecule has 29 heavy (non-hydrogen) atoms. The molecule has 2 aliphatic rings. The molecule has 2 N–H and O–H groups in total. The maximum Gasteiger partial charge on any atom is 0.322 e. The van der Waals surface area contributed by atoms with Crippen molar-refractivity contribution >= 4 is 47.8 Å². The van der Waals surface area contributed by atoms with Crippen LogP contribution in [0.25, 0.3) is 0 Å². The van der Waals surface area contributed by atoms with Crippen LogP contribution in [0.5, 0.6) is 0 Å². The number of carbonyl (C=O) groups excluding carboxylic acids is 2. The first-order valence-corrected chi connectivity index (χ1v) is 14.4. The summed E-state index contributed by atoms with van der Waals surface area (Å²) in [5, 5.41) is 7.85. The number of urea groups is 1. The van der Waals surface area contributed by atoms with Gasteiger partial charge < -0.3 is 20.4 Å². The van der Waals surface area contributed by atoms with Crippen LogP contribution in [0.4, 0.5) is 10.5 Å². The minimum atomic E-state index is -1.34. The fourth-order valence-electron chi connectivity index (χ4n) is 3.52. The van der Waals surface area contributed by atoms with Gasteiger partial charge in [-0.2, -0.15) is 0 Å². The first-order valence-electron chi connectivity index (χ1n) is 10.0. The summed E-state index contributed by atoms with van der Waals surface area (Å²) in [6.07, 6.45) is 0. The molecule has 2 heterocycles. The number of carbonyl (C=O) groups is 2. The average Bonchev–Trinajstić information content (AvgIpc) is 3.17. The molecule has 3 rings (SSSR count). The van der Waals surface area contributed by atoms with Crippen LogP contribution >= 0.6 is 11.8 Å². The lowest BCUT2D eigenvalue weighted by Gasteiger charge is -2.40. The summed E-state index contributed by atoms with van der Waals surface area (Å²) in [5.74, 6) is 0.0138. The lowest BCUT2D eigenvalue weighted by Crippen LogP contribution is -2.56. The lowest BCUT2D eigenvalue weighted by molar-refractivity contribution is -0.119. The molecule has 1 aromatic rings.